The Morgan fingerprint density at radius 3 is 2.33 bits per heavy atom. The number of carbonyl (C=O) groups excluding carboxylic acids is 2. The Balaban J connectivity index is 4.27. The van der Waals surface area contributed by atoms with Crippen LogP contribution in [0, 0.1) is 0 Å². The van der Waals surface area contributed by atoms with Gasteiger partial charge in [0.1, 0.15) is 0 Å². The summed E-state index contributed by atoms with van der Waals surface area (Å²) in [4.78, 5) is 22.5. The highest BCUT2D eigenvalue weighted by Crippen LogP contribution is 2.14. The van der Waals surface area contributed by atoms with Gasteiger partial charge < -0.3 is 22.1 Å². The van der Waals surface area contributed by atoms with Crippen molar-refractivity contribution in [1.82, 2.24) is 10.6 Å². The van der Waals surface area contributed by atoms with E-state index in [-0.39, 0.29) is 17.9 Å². The zero-order valence-electron chi connectivity index (χ0n) is 11.6. The highest BCUT2D eigenvalue weighted by Gasteiger charge is 2.29. The third-order valence-corrected chi connectivity index (χ3v) is 3.17. The number of nitrogens with two attached hydrogens (primary N) is 2. The van der Waals surface area contributed by atoms with Crippen LogP contribution >= 0.6 is 0 Å². The minimum atomic E-state index is -0.716. The fourth-order valence-corrected chi connectivity index (χ4v) is 1.79. The SMILES string of the molecule is CCCNC(C)(CCCC(NC)C(N)=O)C(N)=O. The largest absolute Gasteiger partial charge is 0.368 e. The van der Waals surface area contributed by atoms with Crippen LogP contribution in [0.25, 0.3) is 0 Å². The van der Waals surface area contributed by atoms with Gasteiger partial charge in [-0.25, -0.2) is 0 Å². The van der Waals surface area contributed by atoms with Crippen LogP contribution in [0.4, 0.5) is 0 Å². The van der Waals surface area contributed by atoms with E-state index in [0.29, 0.717) is 19.3 Å². The maximum atomic E-state index is 11.5. The maximum Gasteiger partial charge on any atom is 0.237 e. The van der Waals surface area contributed by atoms with Gasteiger partial charge in [0.2, 0.25) is 11.8 Å². The Bertz CT molecular complexity index is 283. The monoisotopic (exact) mass is 258 g/mol. The van der Waals surface area contributed by atoms with E-state index in [9.17, 15) is 9.59 Å². The van der Waals surface area contributed by atoms with Gasteiger partial charge >= 0.3 is 0 Å². The first-order chi connectivity index (χ1) is 8.37. The van der Waals surface area contributed by atoms with Crippen molar-refractivity contribution in [1.29, 1.82) is 0 Å². The number of amides is 2. The molecule has 0 bridgehead atoms. The Labute approximate surface area is 109 Å². The molecule has 18 heavy (non-hydrogen) atoms. The third-order valence-electron chi connectivity index (χ3n) is 3.17. The van der Waals surface area contributed by atoms with Crippen LogP contribution in [0.5, 0.6) is 0 Å². The molecule has 6 heteroatoms. The second-order valence-corrected chi connectivity index (χ2v) is 4.76. The molecule has 0 saturated carbocycles. The van der Waals surface area contributed by atoms with Gasteiger partial charge in [-0.3, -0.25) is 9.59 Å². The Kier molecular flexibility index (Phi) is 7.54. The summed E-state index contributed by atoms with van der Waals surface area (Å²) in [5.74, 6) is -0.740. The fourth-order valence-electron chi connectivity index (χ4n) is 1.79. The summed E-state index contributed by atoms with van der Waals surface area (Å²) < 4.78 is 0. The second kappa shape index (κ2) is 8.05. The van der Waals surface area contributed by atoms with E-state index in [1.165, 1.54) is 0 Å². The topological polar surface area (TPSA) is 110 Å². The van der Waals surface area contributed by atoms with E-state index in [1.54, 1.807) is 14.0 Å². The lowest BCUT2D eigenvalue weighted by atomic mass is 9.92. The van der Waals surface area contributed by atoms with E-state index in [4.69, 9.17) is 11.5 Å². The van der Waals surface area contributed by atoms with Gasteiger partial charge in [-0.15, -0.1) is 0 Å². The van der Waals surface area contributed by atoms with E-state index in [1.807, 2.05) is 6.92 Å². The van der Waals surface area contributed by atoms with Gasteiger partial charge in [0.05, 0.1) is 11.6 Å². The second-order valence-electron chi connectivity index (χ2n) is 4.76. The number of hydrogen-bond donors (Lipinski definition) is 4. The number of carbonyl (C=O) groups is 2. The molecule has 6 N–H and O–H groups in total. The number of primary amides is 2. The lowest BCUT2D eigenvalue weighted by Crippen LogP contribution is -2.53. The summed E-state index contributed by atoms with van der Waals surface area (Å²) in [6, 6.07) is -0.353. The highest BCUT2D eigenvalue weighted by molar-refractivity contribution is 5.84. The first kappa shape index (κ1) is 16.9. The summed E-state index contributed by atoms with van der Waals surface area (Å²) in [6.45, 7) is 4.56. The molecule has 0 aliphatic rings. The molecule has 106 valence electrons. The fraction of sp³-hybridized carbons (Fsp3) is 0.833. The molecular weight excluding hydrogens is 232 g/mol. The van der Waals surface area contributed by atoms with Crippen molar-refractivity contribution in [2.45, 2.75) is 51.1 Å². The highest BCUT2D eigenvalue weighted by atomic mass is 16.2. The van der Waals surface area contributed by atoms with Crippen LogP contribution in [-0.2, 0) is 9.59 Å². The summed E-state index contributed by atoms with van der Waals surface area (Å²) in [5.41, 5.74) is 9.92. The zero-order chi connectivity index (χ0) is 14.2. The molecule has 0 fully saturated rings. The van der Waals surface area contributed by atoms with Gasteiger partial charge in [-0.05, 0) is 46.2 Å². The van der Waals surface area contributed by atoms with Gasteiger partial charge in [-0.2, -0.15) is 0 Å². The van der Waals surface area contributed by atoms with Crippen molar-refractivity contribution in [3.8, 4) is 0 Å². The van der Waals surface area contributed by atoms with Crippen LogP contribution in [0.2, 0.25) is 0 Å². The van der Waals surface area contributed by atoms with Crippen LogP contribution in [-0.4, -0.2) is 37.0 Å². The molecule has 2 unspecified atom stereocenters. The molecule has 0 aliphatic carbocycles. The van der Waals surface area contributed by atoms with E-state index in [0.717, 1.165) is 13.0 Å². The van der Waals surface area contributed by atoms with Crippen molar-refractivity contribution < 1.29 is 9.59 Å². The molecule has 2 atom stereocenters. The average Bonchev–Trinajstić information content (AvgIpc) is 2.31. The predicted molar refractivity (Wildman–Crippen MR) is 71.8 cm³/mol. The normalized spacial score (nSPS) is 15.9. The average molecular weight is 258 g/mol. The predicted octanol–water partition coefficient (Wildman–Crippen LogP) is -0.526. The summed E-state index contributed by atoms with van der Waals surface area (Å²) in [7, 11) is 1.69. The minimum absolute atomic E-state index is 0.353. The molecule has 0 saturated heterocycles. The van der Waals surface area contributed by atoms with Crippen molar-refractivity contribution in [2.24, 2.45) is 11.5 Å². The maximum absolute atomic E-state index is 11.5. The molecular formula is C12H26N4O2. The zero-order valence-corrected chi connectivity index (χ0v) is 11.6. The summed E-state index contributed by atoms with van der Waals surface area (Å²) in [6.07, 6.45) is 2.82. The van der Waals surface area contributed by atoms with Gasteiger partial charge in [0, 0.05) is 0 Å². The minimum Gasteiger partial charge on any atom is -0.368 e. The summed E-state index contributed by atoms with van der Waals surface area (Å²) >= 11 is 0. The standard InChI is InChI=1S/C12H26N4O2/c1-4-8-16-12(2,11(14)18)7-5-6-9(15-3)10(13)17/h9,15-16H,4-8H2,1-3H3,(H2,13,17)(H2,14,18). The number of hydrogen-bond acceptors (Lipinski definition) is 4. The van der Waals surface area contributed by atoms with Crippen molar-refractivity contribution in [3.05, 3.63) is 0 Å². The number of nitrogens with one attached hydrogen (secondary N) is 2. The first-order valence-electron chi connectivity index (χ1n) is 6.39. The molecule has 0 rings (SSSR count). The van der Waals surface area contributed by atoms with E-state index >= 15 is 0 Å². The van der Waals surface area contributed by atoms with Gasteiger partial charge in [-0.1, -0.05) is 6.92 Å². The van der Waals surface area contributed by atoms with Crippen molar-refractivity contribution in [2.75, 3.05) is 13.6 Å². The molecule has 0 aromatic heterocycles. The van der Waals surface area contributed by atoms with Crippen LogP contribution in [0.1, 0.15) is 39.5 Å². The third kappa shape index (κ3) is 5.46. The van der Waals surface area contributed by atoms with Crippen LogP contribution in [0.3, 0.4) is 0 Å². The Morgan fingerprint density at radius 2 is 1.94 bits per heavy atom. The first-order valence-corrected chi connectivity index (χ1v) is 6.39. The molecule has 0 heterocycles. The molecule has 0 spiro atoms. The Morgan fingerprint density at radius 1 is 1.33 bits per heavy atom. The number of rotatable bonds is 10. The lowest BCUT2D eigenvalue weighted by molar-refractivity contribution is -0.124. The lowest BCUT2D eigenvalue weighted by Gasteiger charge is -2.28. The van der Waals surface area contributed by atoms with E-state index < -0.39 is 5.54 Å². The Hall–Kier alpha value is -1.14. The molecule has 0 aliphatic heterocycles. The summed E-state index contributed by atoms with van der Waals surface area (Å²) in [5, 5.41) is 6.00. The molecule has 0 aromatic carbocycles. The van der Waals surface area contributed by atoms with Crippen LogP contribution < -0.4 is 22.1 Å². The molecule has 0 aromatic rings. The van der Waals surface area contributed by atoms with Crippen LogP contribution in [0.15, 0.2) is 0 Å². The van der Waals surface area contributed by atoms with Gasteiger partial charge in [0.25, 0.3) is 0 Å². The van der Waals surface area contributed by atoms with Crippen molar-refractivity contribution >= 4 is 11.8 Å². The quantitative estimate of drug-likeness (QED) is 0.422. The van der Waals surface area contributed by atoms with Gasteiger partial charge in [0.15, 0.2) is 0 Å². The number of likely N-dealkylation sites (N-methyl/N-ethyl adjacent to an activating group) is 1. The molecule has 2 amide bonds. The van der Waals surface area contributed by atoms with Crippen molar-refractivity contribution in [3.63, 3.8) is 0 Å². The molecule has 6 nitrogen and oxygen atoms in total. The molecule has 0 radical (unpaired) electrons. The van der Waals surface area contributed by atoms with E-state index in [2.05, 4.69) is 10.6 Å². The smallest absolute Gasteiger partial charge is 0.237 e.